The number of ether oxygens (including phenoxy) is 2. The standard InChI is InChI=1S/C26H24O3/c1-4-9-20-10-5-6-11-21(20)17-28-24-14-23(19(2)3)15-25(16-24)29-18-22-12-7-8-13-26(22)27/h5-8,10-16,27H,2,17-18H2,1,3H3. The normalized spacial score (nSPS) is 10.0. The number of aromatic hydroxyl groups is 1. The summed E-state index contributed by atoms with van der Waals surface area (Å²) in [6, 6.07) is 20.8. The van der Waals surface area contributed by atoms with Crippen molar-refractivity contribution in [1.29, 1.82) is 0 Å². The van der Waals surface area contributed by atoms with Gasteiger partial charge in [0.1, 0.15) is 30.5 Å². The van der Waals surface area contributed by atoms with Crippen molar-refractivity contribution < 1.29 is 14.6 Å². The molecule has 0 aliphatic heterocycles. The molecule has 0 fully saturated rings. The van der Waals surface area contributed by atoms with E-state index in [0.717, 1.165) is 27.8 Å². The predicted molar refractivity (Wildman–Crippen MR) is 117 cm³/mol. The van der Waals surface area contributed by atoms with Crippen LogP contribution in [0.5, 0.6) is 17.2 Å². The minimum absolute atomic E-state index is 0.216. The van der Waals surface area contributed by atoms with Gasteiger partial charge in [-0.3, -0.25) is 0 Å². The van der Waals surface area contributed by atoms with Crippen LogP contribution in [0.2, 0.25) is 0 Å². The lowest BCUT2D eigenvalue weighted by atomic mass is 10.1. The highest BCUT2D eigenvalue weighted by molar-refractivity contribution is 5.64. The van der Waals surface area contributed by atoms with E-state index in [9.17, 15) is 5.11 Å². The zero-order valence-corrected chi connectivity index (χ0v) is 16.7. The molecule has 0 aliphatic rings. The van der Waals surface area contributed by atoms with E-state index in [4.69, 9.17) is 9.47 Å². The molecular formula is C26H24O3. The van der Waals surface area contributed by atoms with Gasteiger partial charge in [0.2, 0.25) is 0 Å². The molecule has 3 rings (SSSR count). The number of hydrogen-bond acceptors (Lipinski definition) is 3. The lowest BCUT2D eigenvalue weighted by molar-refractivity contribution is 0.286. The Morgan fingerprint density at radius 3 is 2.10 bits per heavy atom. The summed E-state index contributed by atoms with van der Waals surface area (Å²) in [7, 11) is 0. The number of phenolic OH excluding ortho intramolecular Hbond substituents is 1. The molecule has 146 valence electrons. The van der Waals surface area contributed by atoms with Crippen molar-refractivity contribution in [2.75, 3.05) is 0 Å². The van der Waals surface area contributed by atoms with E-state index in [2.05, 4.69) is 18.4 Å². The van der Waals surface area contributed by atoms with Crippen molar-refractivity contribution in [1.82, 2.24) is 0 Å². The highest BCUT2D eigenvalue weighted by atomic mass is 16.5. The number of rotatable bonds is 7. The van der Waals surface area contributed by atoms with Crippen LogP contribution in [-0.4, -0.2) is 5.11 Å². The summed E-state index contributed by atoms with van der Waals surface area (Å²) in [6.07, 6.45) is 0. The summed E-state index contributed by atoms with van der Waals surface area (Å²) in [5, 5.41) is 9.94. The Bertz CT molecular complexity index is 1070. The van der Waals surface area contributed by atoms with Crippen molar-refractivity contribution in [2.45, 2.75) is 27.1 Å². The first-order valence-corrected chi connectivity index (χ1v) is 9.41. The van der Waals surface area contributed by atoms with Gasteiger partial charge in [-0.25, -0.2) is 0 Å². The summed E-state index contributed by atoms with van der Waals surface area (Å²) in [5.74, 6) is 7.61. The van der Waals surface area contributed by atoms with Gasteiger partial charge in [0, 0.05) is 22.8 Å². The van der Waals surface area contributed by atoms with Crippen molar-refractivity contribution in [3.05, 3.63) is 95.6 Å². The van der Waals surface area contributed by atoms with Crippen LogP contribution >= 0.6 is 0 Å². The third-order valence-corrected chi connectivity index (χ3v) is 4.43. The van der Waals surface area contributed by atoms with E-state index in [1.54, 1.807) is 12.1 Å². The summed E-state index contributed by atoms with van der Waals surface area (Å²) in [5.41, 5.74) is 4.57. The minimum atomic E-state index is 0.216. The van der Waals surface area contributed by atoms with E-state index in [-0.39, 0.29) is 12.4 Å². The molecular weight excluding hydrogens is 360 g/mol. The van der Waals surface area contributed by atoms with E-state index < -0.39 is 0 Å². The van der Waals surface area contributed by atoms with E-state index in [1.165, 1.54) is 0 Å². The van der Waals surface area contributed by atoms with E-state index in [1.807, 2.05) is 68.4 Å². The number of benzene rings is 3. The molecule has 1 N–H and O–H groups in total. The molecule has 0 bridgehead atoms. The van der Waals surface area contributed by atoms with Crippen LogP contribution in [0.4, 0.5) is 0 Å². The lowest BCUT2D eigenvalue weighted by Gasteiger charge is -2.14. The summed E-state index contributed by atoms with van der Waals surface area (Å²) in [6.45, 7) is 8.46. The van der Waals surface area contributed by atoms with Crippen LogP contribution in [0.15, 0.2) is 73.3 Å². The molecule has 0 atom stereocenters. The fourth-order valence-corrected chi connectivity index (χ4v) is 2.84. The van der Waals surface area contributed by atoms with Crippen molar-refractivity contribution in [2.24, 2.45) is 0 Å². The molecule has 29 heavy (non-hydrogen) atoms. The van der Waals surface area contributed by atoms with Gasteiger partial charge in [0.05, 0.1) is 0 Å². The highest BCUT2D eigenvalue weighted by Gasteiger charge is 2.08. The fourth-order valence-electron chi connectivity index (χ4n) is 2.84. The summed E-state index contributed by atoms with van der Waals surface area (Å²) < 4.78 is 12.0. The number of allylic oxidation sites excluding steroid dienone is 1. The predicted octanol–water partition coefficient (Wildman–Crippen LogP) is 5.95. The smallest absolute Gasteiger partial charge is 0.124 e. The maximum absolute atomic E-state index is 9.94. The maximum atomic E-state index is 9.94. The molecule has 3 heteroatoms. The Balaban J connectivity index is 1.79. The molecule has 0 unspecified atom stereocenters. The Kier molecular flexibility index (Phi) is 6.60. The van der Waals surface area contributed by atoms with Crippen molar-refractivity contribution >= 4 is 5.57 Å². The Labute approximate surface area is 172 Å². The third-order valence-electron chi connectivity index (χ3n) is 4.43. The van der Waals surface area contributed by atoms with Crippen LogP contribution in [-0.2, 0) is 13.2 Å². The van der Waals surface area contributed by atoms with Gasteiger partial charge in [-0.2, -0.15) is 0 Å². The third kappa shape index (κ3) is 5.43. The van der Waals surface area contributed by atoms with Gasteiger partial charge in [0.15, 0.2) is 0 Å². The molecule has 0 radical (unpaired) electrons. The first kappa shape index (κ1) is 20.1. The van der Waals surface area contributed by atoms with Gasteiger partial charge in [0.25, 0.3) is 0 Å². The topological polar surface area (TPSA) is 38.7 Å². The van der Waals surface area contributed by atoms with Crippen LogP contribution in [0.25, 0.3) is 5.57 Å². The van der Waals surface area contributed by atoms with Gasteiger partial charge < -0.3 is 14.6 Å². The molecule has 3 nitrogen and oxygen atoms in total. The van der Waals surface area contributed by atoms with Gasteiger partial charge in [-0.15, -0.1) is 5.92 Å². The second kappa shape index (κ2) is 9.52. The molecule has 0 spiro atoms. The maximum Gasteiger partial charge on any atom is 0.124 e. The van der Waals surface area contributed by atoms with Crippen molar-refractivity contribution in [3.8, 4) is 29.1 Å². The van der Waals surface area contributed by atoms with E-state index in [0.29, 0.717) is 18.1 Å². The molecule has 0 amide bonds. The molecule has 0 saturated heterocycles. The average Bonchev–Trinajstić information content (AvgIpc) is 2.72. The second-order valence-corrected chi connectivity index (χ2v) is 6.71. The fraction of sp³-hybridized carbons (Fsp3) is 0.154. The molecule has 0 heterocycles. The van der Waals surface area contributed by atoms with Crippen LogP contribution in [0, 0.1) is 11.8 Å². The first-order valence-electron chi connectivity index (χ1n) is 9.41. The Morgan fingerprint density at radius 2 is 1.48 bits per heavy atom. The summed E-state index contributed by atoms with van der Waals surface area (Å²) >= 11 is 0. The molecule has 3 aromatic carbocycles. The zero-order chi connectivity index (χ0) is 20.6. The monoisotopic (exact) mass is 384 g/mol. The van der Waals surface area contributed by atoms with Gasteiger partial charge in [-0.1, -0.05) is 54.5 Å². The quantitative estimate of drug-likeness (QED) is 0.511. The van der Waals surface area contributed by atoms with E-state index >= 15 is 0 Å². The number of hydrogen-bond donors (Lipinski definition) is 1. The Morgan fingerprint density at radius 1 is 0.897 bits per heavy atom. The molecule has 0 aromatic heterocycles. The Hall–Kier alpha value is -3.64. The van der Waals surface area contributed by atoms with Crippen LogP contribution in [0.3, 0.4) is 0 Å². The largest absolute Gasteiger partial charge is 0.508 e. The molecule has 0 aliphatic carbocycles. The highest BCUT2D eigenvalue weighted by Crippen LogP contribution is 2.29. The van der Waals surface area contributed by atoms with Gasteiger partial charge in [-0.05, 0) is 43.7 Å². The first-order chi connectivity index (χ1) is 14.1. The SMILES string of the molecule is C=C(C)c1cc(OCc2ccccc2O)cc(OCc2ccccc2C#CC)c1. The van der Waals surface area contributed by atoms with Gasteiger partial charge >= 0.3 is 0 Å². The lowest BCUT2D eigenvalue weighted by Crippen LogP contribution is -2.00. The van der Waals surface area contributed by atoms with Crippen LogP contribution < -0.4 is 9.47 Å². The average molecular weight is 384 g/mol. The minimum Gasteiger partial charge on any atom is -0.508 e. The zero-order valence-electron chi connectivity index (χ0n) is 16.7. The van der Waals surface area contributed by atoms with Crippen molar-refractivity contribution in [3.63, 3.8) is 0 Å². The second-order valence-electron chi connectivity index (χ2n) is 6.71. The number of phenols is 1. The van der Waals surface area contributed by atoms with Crippen LogP contribution in [0.1, 0.15) is 36.1 Å². The summed E-state index contributed by atoms with van der Waals surface area (Å²) in [4.78, 5) is 0. The molecule has 0 saturated carbocycles. The number of para-hydroxylation sites is 1. The molecule has 3 aromatic rings.